The van der Waals surface area contributed by atoms with Crippen LogP contribution in [-0.4, -0.2) is 19.9 Å². The molecule has 0 atom stereocenters. The second kappa shape index (κ2) is 5.06. The smallest absolute Gasteiger partial charge is 0.238 e. The van der Waals surface area contributed by atoms with E-state index in [1.807, 2.05) is 0 Å². The maximum absolute atomic E-state index is 11.3. The Balaban J connectivity index is 3.09. The van der Waals surface area contributed by atoms with E-state index in [1.54, 1.807) is 19.9 Å². The van der Waals surface area contributed by atoms with Crippen LogP contribution in [0.1, 0.15) is 20.3 Å². The molecule has 106 valence electrons. The first-order valence-electron chi connectivity index (χ1n) is 5.49. The number of nitrogen functional groups attached to an aromatic ring is 1. The Labute approximate surface area is 112 Å². The highest BCUT2D eigenvalue weighted by Gasteiger charge is 2.21. The number of amides is 1. The number of sulfonamides is 1. The Kier molecular flexibility index (Phi) is 4.06. The monoisotopic (exact) mass is 286 g/mol. The van der Waals surface area contributed by atoms with Crippen molar-refractivity contribution in [3.05, 3.63) is 18.2 Å². The minimum atomic E-state index is -3.84. The van der Waals surface area contributed by atoms with Crippen molar-refractivity contribution in [2.24, 2.45) is 10.9 Å². The van der Waals surface area contributed by atoms with E-state index in [4.69, 9.17) is 16.6 Å². The lowest BCUT2D eigenvalue weighted by atomic mass is 10.00. The molecular formula is C11H18N4O3S. The van der Waals surface area contributed by atoms with E-state index in [9.17, 15) is 13.2 Å². The van der Waals surface area contributed by atoms with Gasteiger partial charge < -0.3 is 16.8 Å². The normalized spacial score (nSPS) is 12.2. The summed E-state index contributed by atoms with van der Waals surface area (Å²) in [5.74, 6) is -0.465. The van der Waals surface area contributed by atoms with Crippen molar-refractivity contribution in [1.82, 2.24) is 0 Å². The lowest BCUT2D eigenvalue weighted by Crippen LogP contribution is -2.36. The van der Waals surface area contributed by atoms with Gasteiger partial charge in [-0.05, 0) is 32.0 Å². The molecule has 1 rings (SSSR count). The van der Waals surface area contributed by atoms with Crippen LogP contribution in [0.5, 0.6) is 0 Å². The maximum atomic E-state index is 11.3. The molecular weight excluding hydrogens is 268 g/mol. The molecule has 7 nitrogen and oxygen atoms in total. The number of nitrogens with two attached hydrogens (primary N) is 3. The van der Waals surface area contributed by atoms with Gasteiger partial charge in [-0.2, -0.15) is 0 Å². The number of hydrogen-bond donors (Lipinski definition) is 4. The third-order valence-electron chi connectivity index (χ3n) is 2.36. The molecule has 0 heterocycles. The fourth-order valence-electron chi connectivity index (χ4n) is 1.73. The van der Waals surface area contributed by atoms with Crippen LogP contribution in [0.4, 0.5) is 11.4 Å². The molecule has 0 radical (unpaired) electrons. The lowest BCUT2D eigenvalue weighted by molar-refractivity contribution is -0.118. The summed E-state index contributed by atoms with van der Waals surface area (Å²) in [4.78, 5) is 10.8. The number of hydrogen-bond acceptors (Lipinski definition) is 5. The highest BCUT2D eigenvalue weighted by molar-refractivity contribution is 7.89. The average molecular weight is 286 g/mol. The molecule has 1 aromatic rings. The number of carbonyl (C=O) groups excluding carboxylic acids is 1. The zero-order valence-electron chi connectivity index (χ0n) is 10.8. The van der Waals surface area contributed by atoms with Crippen molar-refractivity contribution in [3.8, 4) is 0 Å². The van der Waals surface area contributed by atoms with Crippen molar-refractivity contribution in [3.63, 3.8) is 0 Å². The van der Waals surface area contributed by atoms with Crippen molar-refractivity contribution in [1.29, 1.82) is 0 Å². The second-order valence-electron chi connectivity index (χ2n) is 4.99. The molecule has 8 heteroatoms. The van der Waals surface area contributed by atoms with Crippen molar-refractivity contribution in [2.75, 3.05) is 11.1 Å². The molecule has 0 fully saturated rings. The van der Waals surface area contributed by atoms with Gasteiger partial charge >= 0.3 is 0 Å². The van der Waals surface area contributed by atoms with Gasteiger partial charge in [0.25, 0.3) is 0 Å². The molecule has 0 bridgehead atoms. The van der Waals surface area contributed by atoms with E-state index in [1.165, 1.54) is 12.1 Å². The van der Waals surface area contributed by atoms with Gasteiger partial charge in [-0.1, -0.05) is 0 Å². The van der Waals surface area contributed by atoms with Crippen LogP contribution in [0.15, 0.2) is 23.1 Å². The molecule has 0 unspecified atom stereocenters. The van der Waals surface area contributed by atoms with Crippen LogP contribution in [-0.2, 0) is 14.8 Å². The van der Waals surface area contributed by atoms with Gasteiger partial charge in [-0.15, -0.1) is 0 Å². The first-order chi connectivity index (χ1) is 8.49. The van der Waals surface area contributed by atoms with E-state index in [0.29, 0.717) is 5.69 Å². The van der Waals surface area contributed by atoms with Crippen LogP contribution in [0.2, 0.25) is 0 Å². The summed E-state index contributed by atoms with van der Waals surface area (Å²) in [6, 6.07) is 4.17. The van der Waals surface area contributed by atoms with E-state index in [0.717, 1.165) is 0 Å². The van der Waals surface area contributed by atoms with E-state index < -0.39 is 21.5 Å². The van der Waals surface area contributed by atoms with Gasteiger partial charge in [-0.25, -0.2) is 13.6 Å². The predicted octanol–water partition coefficient (Wildman–Crippen LogP) is -0.0179. The topological polar surface area (TPSA) is 141 Å². The summed E-state index contributed by atoms with van der Waals surface area (Å²) >= 11 is 0. The molecule has 0 aromatic heterocycles. The van der Waals surface area contributed by atoms with Gasteiger partial charge in [-0.3, -0.25) is 4.79 Å². The third kappa shape index (κ3) is 4.76. The van der Waals surface area contributed by atoms with Crippen LogP contribution < -0.4 is 21.9 Å². The predicted molar refractivity (Wildman–Crippen MR) is 73.7 cm³/mol. The van der Waals surface area contributed by atoms with Gasteiger partial charge in [0.1, 0.15) is 0 Å². The molecule has 0 saturated carbocycles. The largest absolute Gasteiger partial charge is 0.399 e. The number of primary amides is 1. The molecule has 1 amide bonds. The Morgan fingerprint density at radius 2 is 1.89 bits per heavy atom. The highest BCUT2D eigenvalue weighted by Crippen LogP contribution is 2.23. The Hall–Kier alpha value is -1.80. The summed E-state index contributed by atoms with van der Waals surface area (Å²) in [5, 5.41) is 8.06. The number of carbonyl (C=O) groups is 1. The number of rotatable bonds is 5. The molecule has 0 aliphatic carbocycles. The maximum Gasteiger partial charge on any atom is 0.238 e. The fourth-order valence-corrected chi connectivity index (χ4v) is 2.32. The summed E-state index contributed by atoms with van der Waals surface area (Å²) in [6.07, 6.45) is 0.0898. The zero-order chi connectivity index (χ0) is 14.8. The molecule has 0 aliphatic rings. The molecule has 0 spiro atoms. The van der Waals surface area contributed by atoms with E-state index >= 15 is 0 Å². The average Bonchev–Trinajstić information content (AvgIpc) is 2.11. The standard InChI is InChI=1S/C11H18N4O3S/c1-11(2,6-10(13)16)15-8-3-7(12)4-9(5-8)19(14,17)18/h3-5,15H,6,12H2,1-2H3,(H2,13,16)(H2,14,17,18). The van der Waals surface area contributed by atoms with Crippen molar-refractivity contribution >= 4 is 27.3 Å². The third-order valence-corrected chi connectivity index (χ3v) is 3.25. The fraction of sp³-hybridized carbons (Fsp3) is 0.364. The Morgan fingerprint density at radius 1 is 1.32 bits per heavy atom. The van der Waals surface area contributed by atoms with Gasteiger partial charge in [0, 0.05) is 23.3 Å². The minimum Gasteiger partial charge on any atom is -0.399 e. The van der Waals surface area contributed by atoms with Crippen LogP contribution >= 0.6 is 0 Å². The zero-order valence-corrected chi connectivity index (χ0v) is 11.6. The molecule has 19 heavy (non-hydrogen) atoms. The summed E-state index contributed by atoms with van der Waals surface area (Å²) in [7, 11) is -3.84. The number of nitrogens with one attached hydrogen (secondary N) is 1. The first kappa shape index (κ1) is 15.3. The van der Waals surface area contributed by atoms with Crippen molar-refractivity contribution in [2.45, 2.75) is 30.7 Å². The summed E-state index contributed by atoms with van der Waals surface area (Å²) in [6.45, 7) is 3.52. The molecule has 0 saturated heterocycles. The van der Waals surface area contributed by atoms with Crippen LogP contribution in [0.3, 0.4) is 0 Å². The summed E-state index contributed by atoms with van der Waals surface area (Å²) < 4.78 is 22.6. The molecule has 7 N–H and O–H groups in total. The van der Waals surface area contributed by atoms with Crippen LogP contribution in [0.25, 0.3) is 0 Å². The SMILES string of the molecule is CC(C)(CC(N)=O)Nc1cc(N)cc(S(N)(=O)=O)c1. The Bertz CT molecular complexity index is 596. The van der Waals surface area contributed by atoms with E-state index in [2.05, 4.69) is 5.32 Å². The van der Waals surface area contributed by atoms with Crippen molar-refractivity contribution < 1.29 is 13.2 Å². The lowest BCUT2D eigenvalue weighted by Gasteiger charge is -2.26. The van der Waals surface area contributed by atoms with Gasteiger partial charge in [0.2, 0.25) is 15.9 Å². The quantitative estimate of drug-likeness (QED) is 0.563. The number of benzene rings is 1. The van der Waals surface area contributed by atoms with E-state index in [-0.39, 0.29) is 17.0 Å². The number of primary sulfonamides is 1. The van der Waals surface area contributed by atoms with Gasteiger partial charge in [0.15, 0.2) is 0 Å². The highest BCUT2D eigenvalue weighted by atomic mass is 32.2. The summed E-state index contributed by atoms with van der Waals surface area (Å²) in [5.41, 5.74) is 10.8. The second-order valence-corrected chi connectivity index (χ2v) is 6.55. The Morgan fingerprint density at radius 3 is 2.37 bits per heavy atom. The van der Waals surface area contributed by atoms with Gasteiger partial charge in [0.05, 0.1) is 4.90 Å². The molecule has 0 aliphatic heterocycles. The molecule has 1 aromatic carbocycles. The first-order valence-corrected chi connectivity index (χ1v) is 7.04. The van der Waals surface area contributed by atoms with Crippen LogP contribution in [0, 0.1) is 0 Å². The minimum absolute atomic E-state index is 0.0898. The number of anilines is 2.